The van der Waals surface area contributed by atoms with Gasteiger partial charge in [-0.15, -0.1) is 12.4 Å². The highest BCUT2D eigenvalue weighted by Gasteiger charge is 2.07. The molecule has 0 atom stereocenters. The Morgan fingerprint density at radius 1 is 0.938 bits per heavy atom. The van der Waals surface area contributed by atoms with Gasteiger partial charge in [-0.2, -0.15) is 0 Å². The minimum atomic E-state index is 0. The van der Waals surface area contributed by atoms with Crippen LogP contribution >= 0.6 is 12.4 Å². The van der Waals surface area contributed by atoms with Gasteiger partial charge in [0.2, 0.25) is 0 Å². The van der Waals surface area contributed by atoms with Crippen molar-refractivity contribution < 1.29 is 0 Å². The third-order valence-electron chi connectivity index (χ3n) is 2.99. The van der Waals surface area contributed by atoms with E-state index in [1.807, 2.05) is 6.20 Å². The van der Waals surface area contributed by atoms with Crippen molar-refractivity contribution in [1.82, 2.24) is 0 Å². The molecule has 0 amide bonds. The number of hydrogen-bond acceptors (Lipinski definition) is 1. The molecule has 0 unspecified atom stereocenters. The molecule has 0 saturated heterocycles. The molecule has 0 N–H and O–H groups in total. The van der Waals surface area contributed by atoms with E-state index in [1.54, 1.807) is 0 Å². The van der Waals surface area contributed by atoms with Gasteiger partial charge >= 0.3 is 0 Å². The van der Waals surface area contributed by atoms with Crippen LogP contribution in [-0.2, 0) is 0 Å². The summed E-state index contributed by atoms with van der Waals surface area (Å²) in [7, 11) is 0. The second-order valence-electron chi connectivity index (χ2n) is 3.87. The van der Waals surface area contributed by atoms with Crippen LogP contribution in [-0.4, -0.2) is 5.71 Å². The standard InChI is InChI=1S/C14H15N.ClH/c1-10-11(2)14-7-5-4-6-13(14)8-9-15-12(10)3;/h4-9H,1-3H3;1H/b9-8-,11-10?,12-10?,13-8?,14-11?,15-9?,15-12?;. The highest BCUT2D eigenvalue weighted by molar-refractivity contribution is 6.05. The zero-order valence-corrected chi connectivity index (χ0v) is 10.6. The summed E-state index contributed by atoms with van der Waals surface area (Å²) in [5.74, 6) is 0. The van der Waals surface area contributed by atoms with Gasteiger partial charge in [-0.05, 0) is 49.1 Å². The van der Waals surface area contributed by atoms with Crippen LogP contribution in [0.2, 0.25) is 0 Å². The van der Waals surface area contributed by atoms with E-state index < -0.39 is 0 Å². The molecule has 2 rings (SSSR count). The van der Waals surface area contributed by atoms with Crippen LogP contribution in [0.1, 0.15) is 31.9 Å². The van der Waals surface area contributed by atoms with Crippen molar-refractivity contribution in [2.24, 2.45) is 4.99 Å². The SMILES string of the molecule is CC1=N/C=C\c2ccccc2C(C)=C1C.Cl. The molecule has 1 aliphatic heterocycles. The molecule has 1 aromatic rings. The maximum atomic E-state index is 4.39. The molecule has 84 valence electrons. The Balaban J connectivity index is 0.00000128. The largest absolute Gasteiger partial charge is 0.261 e. The Hall–Kier alpha value is -1.34. The van der Waals surface area contributed by atoms with Gasteiger partial charge in [0.05, 0.1) is 0 Å². The van der Waals surface area contributed by atoms with Crippen molar-refractivity contribution in [3.63, 3.8) is 0 Å². The van der Waals surface area contributed by atoms with Crippen molar-refractivity contribution in [2.45, 2.75) is 20.8 Å². The molecular weight excluding hydrogens is 218 g/mol. The molecule has 0 radical (unpaired) electrons. The third kappa shape index (κ3) is 2.25. The second kappa shape index (κ2) is 5.13. The zero-order chi connectivity index (χ0) is 10.8. The van der Waals surface area contributed by atoms with Gasteiger partial charge in [0.15, 0.2) is 0 Å². The van der Waals surface area contributed by atoms with E-state index in [-0.39, 0.29) is 12.4 Å². The Bertz CT molecular complexity index is 481. The van der Waals surface area contributed by atoms with Crippen LogP contribution in [0.3, 0.4) is 0 Å². The molecule has 1 heterocycles. The average Bonchev–Trinajstić information content (AvgIpc) is 2.26. The summed E-state index contributed by atoms with van der Waals surface area (Å²) in [6.45, 7) is 6.34. The van der Waals surface area contributed by atoms with Gasteiger partial charge < -0.3 is 0 Å². The van der Waals surface area contributed by atoms with Crippen LogP contribution < -0.4 is 0 Å². The maximum absolute atomic E-state index is 4.39. The summed E-state index contributed by atoms with van der Waals surface area (Å²) in [4.78, 5) is 4.39. The quantitative estimate of drug-likeness (QED) is 0.632. The molecule has 0 fully saturated rings. The summed E-state index contributed by atoms with van der Waals surface area (Å²) in [5.41, 5.74) is 6.23. The summed E-state index contributed by atoms with van der Waals surface area (Å²) in [6.07, 6.45) is 3.94. The fraction of sp³-hybridized carbons (Fsp3) is 0.214. The van der Waals surface area contributed by atoms with E-state index in [2.05, 4.69) is 56.1 Å². The molecule has 0 spiro atoms. The zero-order valence-electron chi connectivity index (χ0n) is 9.82. The number of aliphatic imine (C=N–C) groups is 1. The maximum Gasteiger partial charge on any atom is 0.0404 e. The summed E-state index contributed by atoms with van der Waals surface area (Å²) in [6, 6.07) is 8.43. The molecule has 1 aromatic carbocycles. The summed E-state index contributed by atoms with van der Waals surface area (Å²) in [5, 5.41) is 0. The number of rotatable bonds is 0. The van der Waals surface area contributed by atoms with E-state index >= 15 is 0 Å². The molecular formula is C14H16ClN. The molecule has 0 aromatic heterocycles. The van der Waals surface area contributed by atoms with Crippen LogP contribution in [0.15, 0.2) is 41.0 Å². The molecule has 2 heteroatoms. The predicted octanol–water partition coefficient (Wildman–Crippen LogP) is 4.35. The van der Waals surface area contributed by atoms with Gasteiger partial charge in [0.1, 0.15) is 0 Å². The molecule has 0 aliphatic carbocycles. The Labute approximate surface area is 103 Å². The fourth-order valence-electron chi connectivity index (χ4n) is 1.78. The van der Waals surface area contributed by atoms with Gasteiger partial charge in [0, 0.05) is 11.9 Å². The van der Waals surface area contributed by atoms with Crippen LogP contribution in [0.5, 0.6) is 0 Å². The molecule has 0 bridgehead atoms. The lowest BCUT2D eigenvalue weighted by atomic mass is 9.95. The van der Waals surface area contributed by atoms with Gasteiger partial charge in [-0.1, -0.05) is 24.3 Å². The van der Waals surface area contributed by atoms with E-state index in [4.69, 9.17) is 0 Å². The fourth-order valence-corrected chi connectivity index (χ4v) is 1.78. The van der Waals surface area contributed by atoms with Crippen LogP contribution in [0, 0.1) is 0 Å². The Morgan fingerprint density at radius 2 is 1.62 bits per heavy atom. The lowest BCUT2D eigenvalue weighted by molar-refractivity contribution is 1.41. The van der Waals surface area contributed by atoms with E-state index in [0.29, 0.717) is 0 Å². The van der Waals surface area contributed by atoms with Crippen LogP contribution in [0.25, 0.3) is 11.6 Å². The van der Waals surface area contributed by atoms with Gasteiger partial charge in [-0.3, -0.25) is 4.99 Å². The van der Waals surface area contributed by atoms with E-state index in [0.717, 1.165) is 5.71 Å². The highest BCUT2D eigenvalue weighted by Crippen LogP contribution is 2.25. The molecule has 0 saturated carbocycles. The third-order valence-corrected chi connectivity index (χ3v) is 2.99. The highest BCUT2D eigenvalue weighted by atomic mass is 35.5. The molecule has 16 heavy (non-hydrogen) atoms. The monoisotopic (exact) mass is 233 g/mol. The van der Waals surface area contributed by atoms with Crippen molar-refractivity contribution in [2.75, 3.05) is 0 Å². The first-order valence-corrected chi connectivity index (χ1v) is 5.18. The van der Waals surface area contributed by atoms with Crippen molar-refractivity contribution >= 4 is 29.8 Å². The minimum Gasteiger partial charge on any atom is -0.261 e. The smallest absolute Gasteiger partial charge is 0.0404 e. The van der Waals surface area contributed by atoms with Gasteiger partial charge in [0.25, 0.3) is 0 Å². The van der Waals surface area contributed by atoms with Crippen molar-refractivity contribution in [1.29, 1.82) is 0 Å². The number of fused-ring (bicyclic) bond motifs is 1. The summed E-state index contributed by atoms with van der Waals surface area (Å²) >= 11 is 0. The average molecular weight is 234 g/mol. The Morgan fingerprint density at radius 3 is 2.38 bits per heavy atom. The topological polar surface area (TPSA) is 12.4 Å². The van der Waals surface area contributed by atoms with Crippen molar-refractivity contribution in [3.8, 4) is 0 Å². The lowest BCUT2D eigenvalue weighted by Gasteiger charge is -2.12. The molecule has 1 nitrogen and oxygen atoms in total. The van der Waals surface area contributed by atoms with Crippen LogP contribution in [0.4, 0.5) is 0 Å². The van der Waals surface area contributed by atoms with Crippen molar-refractivity contribution in [3.05, 3.63) is 47.2 Å². The minimum absolute atomic E-state index is 0. The second-order valence-corrected chi connectivity index (χ2v) is 3.87. The number of hydrogen-bond donors (Lipinski definition) is 0. The Kier molecular flexibility index (Phi) is 4.08. The number of allylic oxidation sites excluding steroid dienone is 2. The van der Waals surface area contributed by atoms with Gasteiger partial charge in [-0.25, -0.2) is 0 Å². The number of nitrogens with zero attached hydrogens (tertiary/aromatic N) is 1. The summed E-state index contributed by atoms with van der Waals surface area (Å²) < 4.78 is 0. The van der Waals surface area contributed by atoms with E-state index in [1.165, 1.54) is 22.3 Å². The van der Waals surface area contributed by atoms with E-state index in [9.17, 15) is 0 Å². The number of halogens is 1. The first-order chi connectivity index (χ1) is 7.20. The molecule has 1 aliphatic rings. The lowest BCUT2D eigenvalue weighted by Crippen LogP contribution is -1.99. The number of benzene rings is 1. The normalized spacial score (nSPS) is 16.6. The first kappa shape index (κ1) is 12.7. The predicted molar refractivity (Wildman–Crippen MR) is 74.1 cm³/mol. The first-order valence-electron chi connectivity index (χ1n) is 5.18.